The number of thioether (sulfide) groups is 1. The lowest BCUT2D eigenvalue weighted by molar-refractivity contribution is 0.485. The van der Waals surface area contributed by atoms with Crippen molar-refractivity contribution in [3.05, 3.63) is 29.3 Å². The average Bonchev–Trinajstić information content (AvgIpc) is 3.20. The first-order valence-electron chi connectivity index (χ1n) is 8.23. The van der Waals surface area contributed by atoms with Gasteiger partial charge in [0.15, 0.2) is 11.0 Å². The van der Waals surface area contributed by atoms with Crippen molar-refractivity contribution in [2.45, 2.75) is 36.9 Å². The van der Waals surface area contributed by atoms with Gasteiger partial charge in [-0.25, -0.2) is 13.1 Å². The lowest BCUT2D eigenvalue weighted by atomic mass is 10.2. The summed E-state index contributed by atoms with van der Waals surface area (Å²) in [6, 6.07) is 8.02. The van der Waals surface area contributed by atoms with Crippen LogP contribution in [0.15, 0.2) is 29.4 Å². The summed E-state index contributed by atoms with van der Waals surface area (Å²) in [6.07, 6.45) is 5.76. The predicted molar refractivity (Wildman–Crippen MR) is 102 cm³/mol. The molecule has 1 aliphatic rings. The van der Waals surface area contributed by atoms with E-state index in [0.717, 1.165) is 35.6 Å². The topological polar surface area (TPSA) is 76.9 Å². The summed E-state index contributed by atoms with van der Waals surface area (Å²) in [6.45, 7) is 0.364. The molecule has 1 N–H and O–H groups in total. The molecule has 6 nitrogen and oxygen atoms in total. The highest BCUT2D eigenvalue weighted by atomic mass is 35.5. The maximum Gasteiger partial charge on any atom is 0.208 e. The first kappa shape index (κ1) is 18.7. The number of halogens is 1. The van der Waals surface area contributed by atoms with Crippen molar-refractivity contribution in [2.75, 3.05) is 18.6 Å². The van der Waals surface area contributed by atoms with E-state index in [0.29, 0.717) is 23.4 Å². The van der Waals surface area contributed by atoms with Gasteiger partial charge >= 0.3 is 0 Å². The molecule has 0 saturated heterocycles. The SMILES string of the molecule is CS(=O)(=O)NCCSc1nnc(-c2ccccc2Cl)n1C1CCCC1. The fourth-order valence-electron chi connectivity index (χ4n) is 3.06. The predicted octanol–water partition coefficient (Wildman–Crippen LogP) is 3.35. The second-order valence-electron chi connectivity index (χ2n) is 6.11. The van der Waals surface area contributed by atoms with Crippen LogP contribution in [0.5, 0.6) is 0 Å². The van der Waals surface area contributed by atoms with Crippen molar-refractivity contribution in [1.29, 1.82) is 0 Å². The van der Waals surface area contributed by atoms with Gasteiger partial charge in [-0.2, -0.15) is 0 Å². The smallest absolute Gasteiger partial charge is 0.208 e. The Balaban J connectivity index is 1.84. The van der Waals surface area contributed by atoms with E-state index in [1.54, 1.807) is 0 Å². The number of nitrogens with zero attached hydrogens (tertiary/aromatic N) is 3. The highest BCUT2D eigenvalue weighted by Crippen LogP contribution is 2.38. The molecule has 0 unspecified atom stereocenters. The maximum absolute atomic E-state index is 11.2. The Bertz CT molecular complexity index is 832. The van der Waals surface area contributed by atoms with E-state index in [9.17, 15) is 8.42 Å². The molecule has 25 heavy (non-hydrogen) atoms. The van der Waals surface area contributed by atoms with Gasteiger partial charge in [-0.3, -0.25) is 4.57 Å². The standard InChI is InChI=1S/C16H21ClN4O2S2/c1-25(22,23)18-10-11-24-16-20-19-15(13-8-4-5-9-14(13)17)21(16)12-6-2-3-7-12/h4-5,8-9,12,18H,2-3,6-7,10-11H2,1H3. The average molecular weight is 401 g/mol. The van der Waals surface area contributed by atoms with Crippen molar-refractivity contribution in [2.24, 2.45) is 0 Å². The Morgan fingerprint density at radius 1 is 1.28 bits per heavy atom. The summed E-state index contributed by atoms with van der Waals surface area (Å²) in [5, 5.41) is 10.2. The third-order valence-electron chi connectivity index (χ3n) is 4.17. The second-order valence-corrected chi connectivity index (χ2v) is 9.41. The molecule has 1 aromatic carbocycles. The largest absolute Gasteiger partial charge is 0.299 e. The van der Waals surface area contributed by atoms with E-state index in [-0.39, 0.29) is 0 Å². The van der Waals surface area contributed by atoms with Gasteiger partial charge in [-0.05, 0) is 25.0 Å². The van der Waals surface area contributed by atoms with E-state index in [1.807, 2.05) is 24.3 Å². The molecule has 1 aliphatic carbocycles. The fraction of sp³-hybridized carbons (Fsp3) is 0.500. The second kappa shape index (κ2) is 8.07. The lowest BCUT2D eigenvalue weighted by Gasteiger charge is -2.17. The molecule has 0 atom stereocenters. The molecular weight excluding hydrogens is 380 g/mol. The van der Waals surface area contributed by atoms with E-state index in [4.69, 9.17) is 11.6 Å². The molecule has 136 valence electrons. The summed E-state index contributed by atoms with van der Waals surface area (Å²) in [4.78, 5) is 0. The minimum Gasteiger partial charge on any atom is -0.299 e. The minimum atomic E-state index is -3.17. The van der Waals surface area contributed by atoms with Crippen LogP contribution in [0.3, 0.4) is 0 Å². The molecule has 9 heteroatoms. The quantitative estimate of drug-likeness (QED) is 0.569. The number of sulfonamides is 1. The number of hydrogen-bond acceptors (Lipinski definition) is 5. The van der Waals surface area contributed by atoms with Gasteiger partial charge in [-0.1, -0.05) is 48.3 Å². The van der Waals surface area contributed by atoms with Crippen LogP contribution in [-0.2, 0) is 10.0 Å². The van der Waals surface area contributed by atoms with Gasteiger partial charge < -0.3 is 0 Å². The molecular formula is C16H21ClN4O2S2. The zero-order chi connectivity index (χ0) is 17.9. The molecule has 0 spiro atoms. The number of rotatable bonds is 7. The molecule has 1 saturated carbocycles. The van der Waals surface area contributed by atoms with Gasteiger partial charge in [0.05, 0.1) is 11.3 Å². The maximum atomic E-state index is 11.2. The van der Waals surface area contributed by atoms with E-state index in [2.05, 4.69) is 19.5 Å². The van der Waals surface area contributed by atoms with Crippen molar-refractivity contribution in [1.82, 2.24) is 19.5 Å². The van der Waals surface area contributed by atoms with Gasteiger partial charge in [-0.15, -0.1) is 10.2 Å². The minimum absolute atomic E-state index is 0.364. The van der Waals surface area contributed by atoms with Crippen LogP contribution < -0.4 is 4.72 Å². The monoisotopic (exact) mass is 400 g/mol. The van der Waals surface area contributed by atoms with Crippen molar-refractivity contribution in [3.63, 3.8) is 0 Å². The molecule has 0 amide bonds. The van der Waals surface area contributed by atoms with Gasteiger partial charge in [0, 0.05) is 23.9 Å². The number of nitrogens with one attached hydrogen (secondary N) is 1. The Kier molecular flexibility index (Phi) is 6.04. The Morgan fingerprint density at radius 3 is 2.68 bits per heavy atom. The molecule has 1 aromatic heterocycles. The number of benzene rings is 1. The van der Waals surface area contributed by atoms with Crippen LogP contribution in [-0.4, -0.2) is 41.7 Å². The van der Waals surface area contributed by atoms with Gasteiger partial charge in [0.25, 0.3) is 0 Å². The van der Waals surface area contributed by atoms with E-state index >= 15 is 0 Å². The summed E-state index contributed by atoms with van der Waals surface area (Å²) < 4.78 is 27.0. The number of aromatic nitrogens is 3. The third kappa shape index (κ3) is 4.75. The highest BCUT2D eigenvalue weighted by Gasteiger charge is 2.25. The van der Waals surface area contributed by atoms with Crippen molar-refractivity contribution < 1.29 is 8.42 Å². The highest BCUT2D eigenvalue weighted by molar-refractivity contribution is 7.99. The first-order chi connectivity index (χ1) is 12.0. The zero-order valence-corrected chi connectivity index (χ0v) is 16.4. The summed E-state index contributed by atoms with van der Waals surface area (Å²) in [7, 11) is -3.17. The third-order valence-corrected chi connectivity index (χ3v) is 6.17. The van der Waals surface area contributed by atoms with Crippen LogP contribution in [0.25, 0.3) is 11.4 Å². The fourth-order valence-corrected chi connectivity index (χ4v) is 4.74. The van der Waals surface area contributed by atoms with Gasteiger partial charge in [0.1, 0.15) is 0 Å². The normalized spacial score (nSPS) is 15.8. The van der Waals surface area contributed by atoms with E-state index < -0.39 is 10.0 Å². The van der Waals surface area contributed by atoms with Crippen molar-refractivity contribution >= 4 is 33.4 Å². The molecule has 3 rings (SSSR count). The summed E-state index contributed by atoms with van der Waals surface area (Å²) >= 11 is 7.87. The molecule has 0 radical (unpaired) electrons. The molecule has 1 heterocycles. The van der Waals surface area contributed by atoms with Crippen molar-refractivity contribution in [3.8, 4) is 11.4 Å². The van der Waals surface area contributed by atoms with Crippen LogP contribution in [0.4, 0.5) is 0 Å². The Labute approximate surface area is 157 Å². The zero-order valence-electron chi connectivity index (χ0n) is 14.0. The van der Waals surface area contributed by atoms with Crippen LogP contribution >= 0.6 is 23.4 Å². The Morgan fingerprint density at radius 2 is 2.00 bits per heavy atom. The lowest BCUT2D eigenvalue weighted by Crippen LogP contribution is -2.24. The Hall–Kier alpha value is -1.09. The molecule has 0 aliphatic heterocycles. The van der Waals surface area contributed by atoms with Crippen LogP contribution in [0, 0.1) is 0 Å². The molecule has 1 fully saturated rings. The van der Waals surface area contributed by atoms with E-state index in [1.165, 1.54) is 24.6 Å². The summed E-state index contributed by atoms with van der Waals surface area (Å²) in [5.41, 5.74) is 0.879. The summed E-state index contributed by atoms with van der Waals surface area (Å²) in [5.74, 6) is 1.39. The van der Waals surface area contributed by atoms with Crippen LogP contribution in [0.2, 0.25) is 5.02 Å². The van der Waals surface area contributed by atoms with Gasteiger partial charge in [0.2, 0.25) is 10.0 Å². The molecule has 2 aromatic rings. The number of hydrogen-bond donors (Lipinski definition) is 1. The first-order valence-corrected chi connectivity index (χ1v) is 11.5. The molecule has 0 bridgehead atoms. The van der Waals surface area contributed by atoms with Crippen LogP contribution in [0.1, 0.15) is 31.7 Å².